The lowest BCUT2D eigenvalue weighted by atomic mass is 10.0. The molecule has 0 bridgehead atoms. The third kappa shape index (κ3) is 1.76. The third-order valence-electron chi connectivity index (χ3n) is 4.97. The highest BCUT2D eigenvalue weighted by molar-refractivity contribution is 5.96. The molecule has 4 rings (SSSR count). The molecule has 22 heavy (non-hydrogen) atoms. The number of phenolic OH excluding ortho intramolecular Hbond substituents is 1. The molecule has 2 amide bonds. The van der Waals surface area contributed by atoms with E-state index in [-0.39, 0.29) is 23.6 Å². The lowest BCUT2D eigenvalue weighted by Gasteiger charge is -2.42. The highest BCUT2D eigenvalue weighted by Crippen LogP contribution is 2.45. The first kappa shape index (κ1) is 13.6. The first-order valence-electron chi connectivity index (χ1n) is 7.66. The monoisotopic (exact) mass is 302 g/mol. The standard InChI is InChI=1S/C16H18N2O4/c19-12-4-1-3-11(9-12)15(21)17-7-5-16-13(17)10-14(20)18(16)6-2-8-22-16/h1,3-4,9,13,19H,2,5-8,10H2/t13-,16+/m1/s1. The Morgan fingerprint density at radius 3 is 3.05 bits per heavy atom. The number of amides is 2. The van der Waals surface area contributed by atoms with Crippen molar-refractivity contribution in [3.05, 3.63) is 29.8 Å². The van der Waals surface area contributed by atoms with Gasteiger partial charge in [-0.25, -0.2) is 0 Å². The molecule has 0 radical (unpaired) electrons. The quantitative estimate of drug-likeness (QED) is 0.839. The van der Waals surface area contributed by atoms with Crippen LogP contribution in [-0.2, 0) is 9.53 Å². The molecule has 6 heteroatoms. The fourth-order valence-electron chi connectivity index (χ4n) is 4.00. The summed E-state index contributed by atoms with van der Waals surface area (Å²) in [5, 5.41) is 9.56. The van der Waals surface area contributed by atoms with Crippen molar-refractivity contribution in [2.75, 3.05) is 19.7 Å². The van der Waals surface area contributed by atoms with Crippen LogP contribution in [0.2, 0.25) is 0 Å². The average Bonchev–Trinajstić information content (AvgIpc) is 2.99. The normalized spacial score (nSPS) is 30.4. The highest BCUT2D eigenvalue weighted by atomic mass is 16.5. The van der Waals surface area contributed by atoms with Crippen molar-refractivity contribution in [3.63, 3.8) is 0 Å². The molecule has 3 aliphatic rings. The number of hydrogen-bond donors (Lipinski definition) is 1. The van der Waals surface area contributed by atoms with E-state index in [0.29, 0.717) is 38.1 Å². The fourth-order valence-corrected chi connectivity index (χ4v) is 4.00. The van der Waals surface area contributed by atoms with Gasteiger partial charge in [0.2, 0.25) is 5.91 Å². The summed E-state index contributed by atoms with van der Waals surface area (Å²) in [6.07, 6.45) is 1.83. The van der Waals surface area contributed by atoms with Gasteiger partial charge < -0.3 is 19.6 Å². The molecule has 116 valence electrons. The number of carbonyl (C=O) groups is 2. The Bertz CT molecular complexity index is 647. The number of hydrogen-bond acceptors (Lipinski definition) is 4. The van der Waals surface area contributed by atoms with Gasteiger partial charge in [0.05, 0.1) is 19.1 Å². The zero-order chi connectivity index (χ0) is 15.3. The van der Waals surface area contributed by atoms with Gasteiger partial charge in [0.25, 0.3) is 5.91 Å². The van der Waals surface area contributed by atoms with E-state index in [1.807, 2.05) is 4.90 Å². The molecule has 6 nitrogen and oxygen atoms in total. The first-order chi connectivity index (χ1) is 10.6. The van der Waals surface area contributed by atoms with Crippen molar-refractivity contribution < 1.29 is 19.4 Å². The van der Waals surface area contributed by atoms with Gasteiger partial charge >= 0.3 is 0 Å². The molecule has 1 aromatic carbocycles. The van der Waals surface area contributed by atoms with Crippen LogP contribution in [0.1, 0.15) is 29.6 Å². The van der Waals surface area contributed by atoms with Crippen LogP contribution in [0.4, 0.5) is 0 Å². The minimum Gasteiger partial charge on any atom is -0.508 e. The van der Waals surface area contributed by atoms with Gasteiger partial charge in [-0.3, -0.25) is 9.59 Å². The molecule has 2 atom stereocenters. The summed E-state index contributed by atoms with van der Waals surface area (Å²) in [5.74, 6) is -0.0162. The SMILES string of the molecule is O=C(c1cccc(O)c1)N1CC[C@@]23OCCCN2C(=O)C[C@@H]13. The summed E-state index contributed by atoms with van der Waals surface area (Å²) in [4.78, 5) is 28.5. The molecule has 1 spiro atoms. The van der Waals surface area contributed by atoms with Gasteiger partial charge in [-0.1, -0.05) is 6.07 Å². The van der Waals surface area contributed by atoms with Crippen LogP contribution in [0.5, 0.6) is 5.75 Å². The van der Waals surface area contributed by atoms with E-state index in [1.165, 1.54) is 12.1 Å². The van der Waals surface area contributed by atoms with E-state index in [0.717, 1.165) is 6.42 Å². The summed E-state index contributed by atoms with van der Waals surface area (Å²) in [5.41, 5.74) is -0.180. The second-order valence-electron chi connectivity index (χ2n) is 6.11. The predicted molar refractivity (Wildman–Crippen MR) is 77.2 cm³/mol. The number of aromatic hydroxyl groups is 1. The lowest BCUT2D eigenvalue weighted by molar-refractivity contribution is -0.179. The Morgan fingerprint density at radius 2 is 2.23 bits per heavy atom. The van der Waals surface area contributed by atoms with Crippen LogP contribution < -0.4 is 0 Å². The third-order valence-corrected chi connectivity index (χ3v) is 4.97. The molecule has 0 aliphatic carbocycles. The van der Waals surface area contributed by atoms with E-state index in [2.05, 4.69) is 0 Å². The van der Waals surface area contributed by atoms with Crippen molar-refractivity contribution in [2.24, 2.45) is 0 Å². The Morgan fingerprint density at radius 1 is 1.36 bits per heavy atom. The molecule has 3 fully saturated rings. The molecular formula is C16H18N2O4. The lowest BCUT2D eigenvalue weighted by Crippen LogP contribution is -2.56. The minimum atomic E-state index is -0.623. The summed E-state index contributed by atoms with van der Waals surface area (Å²) in [6.45, 7) is 1.92. The fraction of sp³-hybridized carbons (Fsp3) is 0.500. The summed E-state index contributed by atoms with van der Waals surface area (Å²) in [6, 6.07) is 6.10. The largest absolute Gasteiger partial charge is 0.508 e. The summed E-state index contributed by atoms with van der Waals surface area (Å²) >= 11 is 0. The number of ether oxygens (including phenoxy) is 1. The van der Waals surface area contributed by atoms with Crippen molar-refractivity contribution in [2.45, 2.75) is 31.0 Å². The van der Waals surface area contributed by atoms with Crippen LogP contribution in [0.15, 0.2) is 24.3 Å². The van der Waals surface area contributed by atoms with Gasteiger partial charge in [0.1, 0.15) is 5.75 Å². The van der Waals surface area contributed by atoms with Crippen LogP contribution in [-0.4, -0.2) is 58.2 Å². The maximum Gasteiger partial charge on any atom is 0.254 e. The molecule has 0 unspecified atom stereocenters. The molecule has 0 aromatic heterocycles. The molecule has 1 aromatic rings. The Balaban J connectivity index is 1.65. The summed E-state index contributed by atoms with van der Waals surface area (Å²) in [7, 11) is 0. The van der Waals surface area contributed by atoms with E-state index in [1.54, 1.807) is 17.0 Å². The van der Waals surface area contributed by atoms with Crippen LogP contribution in [0.3, 0.4) is 0 Å². The van der Waals surface area contributed by atoms with E-state index in [4.69, 9.17) is 4.74 Å². The first-order valence-corrected chi connectivity index (χ1v) is 7.66. The number of carbonyl (C=O) groups excluding carboxylic acids is 2. The number of benzene rings is 1. The molecule has 3 aliphatic heterocycles. The zero-order valence-corrected chi connectivity index (χ0v) is 12.2. The van der Waals surface area contributed by atoms with Crippen molar-refractivity contribution in [3.8, 4) is 5.75 Å². The smallest absolute Gasteiger partial charge is 0.254 e. The second kappa shape index (κ2) is 4.71. The molecule has 0 saturated carbocycles. The molecule has 3 heterocycles. The van der Waals surface area contributed by atoms with Crippen molar-refractivity contribution in [1.82, 2.24) is 9.80 Å². The van der Waals surface area contributed by atoms with Crippen molar-refractivity contribution in [1.29, 1.82) is 0 Å². The van der Waals surface area contributed by atoms with Gasteiger partial charge in [-0.15, -0.1) is 0 Å². The van der Waals surface area contributed by atoms with E-state index < -0.39 is 5.72 Å². The van der Waals surface area contributed by atoms with E-state index in [9.17, 15) is 14.7 Å². The topological polar surface area (TPSA) is 70.1 Å². The minimum absolute atomic E-state index is 0.0674. The number of phenols is 1. The van der Waals surface area contributed by atoms with Gasteiger partial charge in [0.15, 0.2) is 5.72 Å². The Kier molecular flexibility index (Phi) is 2.91. The maximum absolute atomic E-state index is 12.7. The van der Waals surface area contributed by atoms with Crippen LogP contribution in [0.25, 0.3) is 0 Å². The Labute approximate surface area is 128 Å². The molecule has 3 saturated heterocycles. The highest BCUT2D eigenvalue weighted by Gasteiger charge is 2.61. The molecule has 1 N–H and O–H groups in total. The van der Waals surface area contributed by atoms with Crippen molar-refractivity contribution >= 4 is 11.8 Å². The summed E-state index contributed by atoms with van der Waals surface area (Å²) < 4.78 is 5.99. The maximum atomic E-state index is 12.7. The Hall–Kier alpha value is -2.08. The van der Waals surface area contributed by atoms with Crippen LogP contribution in [0, 0.1) is 0 Å². The zero-order valence-electron chi connectivity index (χ0n) is 12.2. The van der Waals surface area contributed by atoms with E-state index >= 15 is 0 Å². The van der Waals surface area contributed by atoms with Gasteiger partial charge in [-0.2, -0.15) is 0 Å². The number of likely N-dealkylation sites (tertiary alicyclic amines) is 1. The number of nitrogens with zero attached hydrogens (tertiary/aromatic N) is 2. The average molecular weight is 302 g/mol. The van der Waals surface area contributed by atoms with Gasteiger partial charge in [0, 0.05) is 25.1 Å². The second-order valence-corrected chi connectivity index (χ2v) is 6.11. The number of rotatable bonds is 1. The van der Waals surface area contributed by atoms with Crippen LogP contribution >= 0.6 is 0 Å². The molecular weight excluding hydrogens is 284 g/mol. The predicted octanol–water partition coefficient (Wildman–Crippen LogP) is 0.956. The van der Waals surface area contributed by atoms with Gasteiger partial charge in [-0.05, 0) is 24.6 Å².